The quantitative estimate of drug-likeness (QED) is 0.204. The number of amides is 2. The van der Waals surface area contributed by atoms with Gasteiger partial charge in [-0.25, -0.2) is 5.48 Å². The van der Waals surface area contributed by atoms with Crippen LogP contribution in [0.25, 0.3) is 0 Å². The maximum absolute atomic E-state index is 12.1. The summed E-state index contributed by atoms with van der Waals surface area (Å²) in [6, 6.07) is 15.7. The van der Waals surface area contributed by atoms with Gasteiger partial charge in [0.1, 0.15) is 0 Å². The molecule has 39 heavy (non-hydrogen) atoms. The maximum Gasteiger partial charge on any atom is 0.243 e. The Labute approximate surface area is 228 Å². The number of ether oxygens (including phenoxy) is 2. The third kappa shape index (κ3) is 8.31. The standard InChI is InChI=1S/C29H39N3O7/c33-18-21-8-10-22(11-9-21)26-15-25(17-32-14-2-3-24(32)19-34)38-29(39-26)23-12-6-20(7-13-23)16-30-27(35)4-1-5-28(36)31-37/h6-13,24-26,29,33-34,37H,1-5,14-19H2,(H,30,35)(H,31,36). The zero-order valence-corrected chi connectivity index (χ0v) is 22.1. The van der Waals surface area contributed by atoms with Gasteiger partial charge in [-0.05, 0) is 42.5 Å². The molecule has 2 saturated heterocycles. The molecule has 2 aromatic rings. The van der Waals surface area contributed by atoms with E-state index >= 15 is 0 Å². The second-order valence-corrected chi connectivity index (χ2v) is 10.2. The Morgan fingerprint density at radius 3 is 2.31 bits per heavy atom. The molecule has 0 radical (unpaired) electrons. The van der Waals surface area contributed by atoms with Gasteiger partial charge in [0.25, 0.3) is 0 Å². The zero-order chi connectivity index (χ0) is 27.6. The number of nitrogens with zero attached hydrogens (tertiary/aromatic N) is 1. The fraction of sp³-hybridized carbons (Fsp3) is 0.517. The number of aliphatic hydroxyl groups excluding tert-OH is 2. The Hall–Kier alpha value is -2.86. The summed E-state index contributed by atoms with van der Waals surface area (Å²) in [6.07, 6.45) is 2.57. The number of rotatable bonds is 12. The van der Waals surface area contributed by atoms with E-state index in [1.54, 1.807) is 5.48 Å². The van der Waals surface area contributed by atoms with Crippen molar-refractivity contribution in [3.63, 3.8) is 0 Å². The second kappa shape index (κ2) is 14.5. The van der Waals surface area contributed by atoms with Crippen molar-refractivity contribution in [3.05, 3.63) is 70.8 Å². The summed E-state index contributed by atoms with van der Waals surface area (Å²) in [5.41, 5.74) is 5.23. The van der Waals surface area contributed by atoms with Crippen LogP contribution < -0.4 is 10.8 Å². The van der Waals surface area contributed by atoms with Crippen molar-refractivity contribution in [3.8, 4) is 0 Å². The molecule has 4 atom stereocenters. The average Bonchev–Trinajstić information content (AvgIpc) is 3.43. The van der Waals surface area contributed by atoms with E-state index in [1.807, 2.05) is 48.5 Å². The molecule has 5 N–H and O–H groups in total. The molecular weight excluding hydrogens is 502 g/mol. The lowest BCUT2D eigenvalue weighted by molar-refractivity contribution is -0.253. The van der Waals surface area contributed by atoms with E-state index < -0.39 is 12.2 Å². The summed E-state index contributed by atoms with van der Waals surface area (Å²) in [5, 5.41) is 30.6. The number of benzene rings is 2. The molecule has 4 unspecified atom stereocenters. The summed E-state index contributed by atoms with van der Waals surface area (Å²) >= 11 is 0. The first kappa shape index (κ1) is 29.1. The fourth-order valence-corrected chi connectivity index (χ4v) is 5.18. The smallest absolute Gasteiger partial charge is 0.243 e. The molecule has 10 nitrogen and oxygen atoms in total. The Morgan fingerprint density at radius 2 is 1.62 bits per heavy atom. The number of aliphatic hydroxyl groups is 2. The normalized spacial score (nSPS) is 23.5. The van der Waals surface area contributed by atoms with Crippen molar-refractivity contribution in [1.82, 2.24) is 15.7 Å². The van der Waals surface area contributed by atoms with Crippen LogP contribution in [0.15, 0.2) is 48.5 Å². The first-order valence-corrected chi connectivity index (χ1v) is 13.6. The van der Waals surface area contributed by atoms with Crippen LogP contribution in [0.4, 0.5) is 0 Å². The van der Waals surface area contributed by atoms with Gasteiger partial charge in [-0.1, -0.05) is 48.5 Å². The van der Waals surface area contributed by atoms with Crippen LogP contribution in [-0.4, -0.2) is 64.0 Å². The average molecular weight is 542 g/mol. The lowest BCUT2D eigenvalue weighted by Crippen LogP contribution is -2.42. The van der Waals surface area contributed by atoms with Crippen LogP contribution in [0.3, 0.4) is 0 Å². The monoisotopic (exact) mass is 541 g/mol. The summed E-state index contributed by atoms with van der Waals surface area (Å²) in [7, 11) is 0. The first-order valence-electron chi connectivity index (χ1n) is 13.6. The predicted molar refractivity (Wildman–Crippen MR) is 142 cm³/mol. The highest BCUT2D eigenvalue weighted by molar-refractivity contribution is 5.78. The van der Waals surface area contributed by atoms with Gasteiger partial charge in [-0.15, -0.1) is 0 Å². The van der Waals surface area contributed by atoms with Crippen LogP contribution in [-0.2, 0) is 32.2 Å². The maximum atomic E-state index is 12.1. The Morgan fingerprint density at radius 1 is 0.923 bits per heavy atom. The minimum atomic E-state index is -0.567. The van der Waals surface area contributed by atoms with E-state index in [4.69, 9.17) is 14.7 Å². The minimum Gasteiger partial charge on any atom is -0.395 e. The van der Waals surface area contributed by atoms with Crippen LogP contribution in [0.5, 0.6) is 0 Å². The number of likely N-dealkylation sites (tertiary alicyclic amines) is 1. The Kier molecular flexibility index (Phi) is 10.8. The number of carbonyl (C=O) groups excluding carboxylic acids is 2. The topological polar surface area (TPSA) is 141 Å². The van der Waals surface area contributed by atoms with Gasteiger partial charge in [0, 0.05) is 44.0 Å². The summed E-state index contributed by atoms with van der Waals surface area (Å²) in [6.45, 7) is 2.17. The van der Waals surface area contributed by atoms with Gasteiger partial charge in [-0.3, -0.25) is 19.7 Å². The van der Waals surface area contributed by atoms with Gasteiger partial charge in [0.15, 0.2) is 6.29 Å². The molecule has 0 aromatic heterocycles. The molecule has 0 aliphatic carbocycles. The number of nitrogens with one attached hydrogen (secondary N) is 2. The molecule has 0 bridgehead atoms. The summed E-state index contributed by atoms with van der Waals surface area (Å²) < 4.78 is 12.8. The first-order chi connectivity index (χ1) is 19.0. The fourth-order valence-electron chi connectivity index (χ4n) is 5.18. The molecule has 2 amide bonds. The summed E-state index contributed by atoms with van der Waals surface area (Å²) in [5.74, 6) is -0.671. The molecule has 2 heterocycles. The summed E-state index contributed by atoms with van der Waals surface area (Å²) in [4.78, 5) is 25.4. The van der Waals surface area contributed by atoms with Crippen LogP contribution >= 0.6 is 0 Å². The molecule has 212 valence electrons. The molecular formula is C29H39N3O7. The predicted octanol–water partition coefficient (Wildman–Crippen LogP) is 2.47. The highest BCUT2D eigenvalue weighted by atomic mass is 16.7. The van der Waals surface area contributed by atoms with Crippen molar-refractivity contribution >= 4 is 11.8 Å². The highest BCUT2D eigenvalue weighted by Crippen LogP contribution is 2.38. The second-order valence-electron chi connectivity index (χ2n) is 10.2. The van der Waals surface area contributed by atoms with Gasteiger partial charge in [-0.2, -0.15) is 0 Å². The zero-order valence-electron chi connectivity index (χ0n) is 22.1. The van der Waals surface area contributed by atoms with Crippen molar-refractivity contribution in [2.45, 2.75) is 76.2 Å². The Balaban J connectivity index is 1.39. The lowest BCUT2D eigenvalue weighted by Gasteiger charge is -2.38. The molecule has 10 heteroatoms. The number of hydrogen-bond acceptors (Lipinski definition) is 8. The largest absolute Gasteiger partial charge is 0.395 e. The van der Waals surface area contributed by atoms with Gasteiger partial charge in [0.2, 0.25) is 11.8 Å². The van der Waals surface area contributed by atoms with E-state index in [0.717, 1.165) is 48.2 Å². The minimum absolute atomic E-state index is 0.00859. The van der Waals surface area contributed by atoms with E-state index in [2.05, 4.69) is 10.2 Å². The number of carbonyl (C=O) groups is 2. The molecule has 2 fully saturated rings. The van der Waals surface area contributed by atoms with Crippen molar-refractivity contribution in [2.24, 2.45) is 0 Å². The van der Waals surface area contributed by atoms with Crippen molar-refractivity contribution in [2.75, 3.05) is 19.7 Å². The lowest BCUT2D eigenvalue weighted by atomic mass is 9.99. The highest BCUT2D eigenvalue weighted by Gasteiger charge is 2.35. The molecule has 0 spiro atoms. The molecule has 0 saturated carbocycles. The van der Waals surface area contributed by atoms with Gasteiger partial charge in [0.05, 0.1) is 25.4 Å². The number of hydroxylamine groups is 1. The SMILES string of the molecule is O=C(CCCC(=O)NCc1ccc(C2OC(CN3CCCC3CO)CC(c3ccc(CO)cc3)O2)cc1)NO. The van der Waals surface area contributed by atoms with Crippen LogP contribution in [0, 0.1) is 0 Å². The molecule has 2 aliphatic rings. The van der Waals surface area contributed by atoms with E-state index in [9.17, 15) is 19.8 Å². The van der Waals surface area contributed by atoms with E-state index in [0.29, 0.717) is 19.4 Å². The van der Waals surface area contributed by atoms with E-state index in [1.165, 1.54) is 0 Å². The third-order valence-electron chi connectivity index (χ3n) is 7.44. The number of hydrogen-bond donors (Lipinski definition) is 5. The van der Waals surface area contributed by atoms with Crippen molar-refractivity contribution < 1.29 is 34.5 Å². The van der Waals surface area contributed by atoms with E-state index in [-0.39, 0.29) is 50.2 Å². The molecule has 2 aromatic carbocycles. The van der Waals surface area contributed by atoms with Gasteiger partial charge < -0.3 is 25.0 Å². The van der Waals surface area contributed by atoms with Crippen molar-refractivity contribution in [1.29, 1.82) is 0 Å². The molecule has 2 aliphatic heterocycles. The van der Waals surface area contributed by atoms with Gasteiger partial charge >= 0.3 is 0 Å². The third-order valence-corrected chi connectivity index (χ3v) is 7.44. The Bertz CT molecular complexity index is 1060. The van der Waals surface area contributed by atoms with Crippen LogP contribution in [0.1, 0.15) is 73.2 Å². The van der Waals surface area contributed by atoms with Crippen LogP contribution in [0.2, 0.25) is 0 Å². The molecule has 4 rings (SSSR count).